The minimum Gasteiger partial charge on any atom is -0.352 e. The maximum atomic E-state index is 11.9. The minimum absolute atomic E-state index is 0.0430. The number of aromatic nitrogens is 1. The van der Waals surface area contributed by atoms with Crippen LogP contribution in [0.25, 0.3) is 0 Å². The van der Waals surface area contributed by atoms with Gasteiger partial charge in [0.15, 0.2) is 0 Å². The van der Waals surface area contributed by atoms with Gasteiger partial charge in [-0.3, -0.25) is 9.78 Å². The minimum atomic E-state index is -0.0430. The number of pyridine rings is 1. The smallest absolute Gasteiger partial charge is 0.251 e. The Bertz CT molecular complexity index is 416. The molecule has 5 nitrogen and oxygen atoms in total. The molecule has 0 spiro atoms. The highest BCUT2D eigenvalue weighted by molar-refractivity contribution is 5.94. The maximum absolute atomic E-state index is 11.9. The van der Waals surface area contributed by atoms with Crippen LogP contribution < -0.4 is 11.1 Å². The summed E-state index contributed by atoms with van der Waals surface area (Å²) in [6.45, 7) is 4.56. The van der Waals surface area contributed by atoms with Crippen molar-refractivity contribution in [3.63, 3.8) is 0 Å². The molecule has 1 aromatic rings. The Balaban J connectivity index is 1.71. The number of likely N-dealkylation sites (tertiary alicyclic amines) is 1. The Morgan fingerprint density at radius 3 is 2.95 bits per heavy atom. The molecule has 1 aromatic heterocycles. The van der Waals surface area contributed by atoms with E-state index in [9.17, 15) is 4.79 Å². The molecule has 2 heterocycles. The molecule has 0 aromatic carbocycles. The monoisotopic (exact) mass is 262 g/mol. The summed E-state index contributed by atoms with van der Waals surface area (Å²) in [5.41, 5.74) is 6.89. The van der Waals surface area contributed by atoms with Gasteiger partial charge in [-0.15, -0.1) is 0 Å². The number of nitrogens with two attached hydrogens (primary N) is 1. The lowest BCUT2D eigenvalue weighted by Gasteiger charge is -2.14. The average Bonchev–Trinajstić information content (AvgIpc) is 2.96. The van der Waals surface area contributed by atoms with Gasteiger partial charge in [0.2, 0.25) is 0 Å². The molecule has 1 fully saturated rings. The van der Waals surface area contributed by atoms with Gasteiger partial charge in [0.1, 0.15) is 0 Å². The van der Waals surface area contributed by atoms with Crippen molar-refractivity contribution >= 4 is 5.91 Å². The molecule has 104 valence electrons. The molecule has 5 heteroatoms. The highest BCUT2D eigenvalue weighted by Gasteiger charge is 2.11. The molecule has 0 atom stereocenters. The standard InChI is InChI=1S/C14H22N4O/c15-11-13-10-12(4-6-16-13)14(19)17-5-3-9-18-7-1-2-8-18/h4,6,10H,1-3,5,7-9,11,15H2,(H,17,19). The molecule has 0 saturated carbocycles. The molecule has 19 heavy (non-hydrogen) atoms. The van der Waals surface area contributed by atoms with Crippen molar-refractivity contribution in [2.75, 3.05) is 26.2 Å². The molecule has 0 unspecified atom stereocenters. The molecular formula is C14H22N4O. The van der Waals surface area contributed by atoms with Gasteiger partial charge in [0, 0.05) is 24.8 Å². The van der Waals surface area contributed by atoms with Crippen molar-refractivity contribution in [3.8, 4) is 0 Å². The molecule has 1 aliphatic rings. The van der Waals surface area contributed by atoms with Crippen LogP contribution in [-0.4, -0.2) is 42.0 Å². The zero-order valence-electron chi connectivity index (χ0n) is 11.3. The summed E-state index contributed by atoms with van der Waals surface area (Å²) >= 11 is 0. The van der Waals surface area contributed by atoms with Gasteiger partial charge in [-0.1, -0.05) is 0 Å². The van der Waals surface area contributed by atoms with Gasteiger partial charge in [-0.05, 0) is 51.0 Å². The quantitative estimate of drug-likeness (QED) is 0.742. The van der Waals surface area contributed by atoms with Crippen LogP contribution in [0.2, 0.25) is 0 Å². The van der Waals surface area contributed by atoms with E-state index in [2.05, 4.69) is 15.2 Å². The second kappa shape index (κ2) is 7.21. The molecule has 0 aliphatic carbocycles. The number of carbonyl (C=O) groups excluding carboxylic acids is 1. The second-order valence-corrected chi connectivity index (χ2v) is 4.90. The summed E-state index contributed by atoms with van der Waals surface area (Å²) in [7, 11) is 0. The van der Waals surface area contributed by atoms with Crippen molar-refractivity contribution in [1.82, 2.24) is 15.2 Å². The van der Waals surface area contributed by atoms with E-state index in [1.807, 2.05) is 0 Å². The zero-order chi connectivity index (χ0) is 13.5. The van der Waals surface area contributed by atoms with Gasteiger partial charge in [0.05, 0.1) is 5.69 Å². The Morgan fingerprint density at radius 1 is 1.42 bits per heavy atom. The van der Waals surface area contributed by atoms with Crippen LogP contribution in [0.1, 0.15) is 35.3 Å². The lowest BCUT2D eigenvalue weighted by Crippen LogP contribution is -2.28. The van der Waals surface area contributed by atoms with E-state index in [0.717, 1.165) is 25.2 Å². The second-order valence-electron chi connectivity index (χ2n) is 4.90. The Morgan fingerprint density at radius 2 is 2.21 bits per heavy atom. The Hall–Kier alpha value is -1.46. The number of nitrogens with zero attached hydrogens (tertiary/aromatic N) is 2. The summed E-state index contributed by atoms with van der Waals surface area (Å²) in [5, 5.41) is 2.94. The molecule has 1 aliphatic heterocycles. The van der Waals surface area contributed by atoms with E-state index in [0.29, 0.717) is 12.1 Å². The van der Waals surface area contributed by atoms with Gasteiger partial charge in [-0.25, -0.2) is 0 Å². The van der Waals surface area contributed by atoms with Gasteiger partial charge < -0.3 is 16.0 Å². The van der Waals surface area contributed by atoms with Crippen LogP contribution in [0.3, 0.4) is 0 Å². The van der Waals surface area contributed by atoms with Crippen LogP contribution in [0.5, 0.6) is 0 Å². The lowest BCUT2D eigenvalue weighted by molar-refractivity contribution is 0.0952. The number of hydrogen-bond donors (Lipinski definition) is 2. The average molecular weight is 262 g/mol. The fraction of sp³-hybridized carbons (Fsp3) is 0.571. The van der Waals surface area contributed by atoms with Crippen molar-refractivity contribution in [3.05, 3.63) is 29.6 Å². The molecule has 3 N–H and O–H groups in total. The Kier molecular flexibility index (Phi) is 5.30. The topological polar surface area (TPSA) is 71.2 Å². The van der Waals surface area contributed by atoms with Crippen molar-refractivity contribution in [1.29, 1.82) is 0 Å². The summed E-state index contributed by atoms with van der Waals surface area (Å²) in [6, 6.07) is 3.46. The number of rotatable bonds is 6. The van der Waals surface area contributed by atoms with E-state index < -0.39 is 0 Å². The third-order valence-corrected chi connectivity index (χ3v) is 3.42. The summed E-state index contributed by atoms with van der Waals surface area (Å²) in [5.74, 6) is -0.0430. The predicted octanol–water partition coefficient (Wildman–Crippen LogP) is 0.756. The van der Waals surface area contributed by atoms with Crippen molar-refractivity contribution in [2.24, 2.45) is 5.73 Å². The first kappa shape index (κ1) is 14.0. The van der Waals surface area contributed by atoms with Crippen LogP contribution in [0.15, 0.2) is 18.3 Å². The van der Waals surface area contributed by atoms with Gasteiger partial charge in [0.25, 0.3) is 5.91 Å². The van der Waals surface area contributed by atoms with E-state index in [-0.39, 0.29) is 5.91 Å². The fourth-order valence-electron chi connectivity index (χ4n) is 2.34. The fourth-order valence-corrected chi connectivity index (χ4v) is 2.34. The first-order valence-electron chi connectivity index (χ1n) is 6.95. The van der Waals surface area contributed by atoms with Crippen molar-refractivity contribution < 1.29 is 4.79 Å². The normalized spacial score (nSPS) is 15.6. The SMILES string of the molecule is NCc1cc(C(=O)NCCCN2CCCC2)ccn1. The summed E-state index contributed by atoms with van der Waals surface area (Å²) < 4.78 is 0. The van der Waals surface area contributed by atoms with Crippen LogP contribution in [0.4, 0.5) is 0 Å². The van der Waals surface area contributed by atoms with E-state index in [1.54, 1.807) is 18.3 Å². The van der Waals surface area contributed by atoms with Gasteiger partial charge >= 0.3 is 0 Å². The van der Waals surface area contributed by atoms with E-state index in [1.165, 1.54) is 25.9 Å². The number of carbonyl (C=O) groups is 1. The van der Waals surface area contributed by atoms with Crippen LogP contribution in [0, 0.1) is 0 Å². The van der Waals surface area contributed by atoms with Crippen LogP contribution >= 0.6 is 0 Å². The maximum Gasteiger partial charge on any atom is 0.251 e. The molecule has 2 rings (SSSR count). The molecule has 0 radical (unpaired) electrons. The summed E-state index contributed by atoms with van der Waals surface area (Å²) in [6.07, 6.45) is 5.25. The first-order chi connectivity index (χ1) is 9.29. The molecule has 1 saturated heterocycles. The van der Waals surface area contributed by atoms with Gasteiger partial charge in [-0.2, -0.15) is 0 Å². The number of amides is 1. The predicted molar refractivity (Wildman–Crippen MR) is 74.8 cm³/mol. The molecule has 1 amide bonds. The largest absolute Gasteiger partial charge is 0.352 e. The zero-order valence-corrected chi connectivity index (χ0v) is 11.3. The number of hydrogen-bond acceptors (Lipinski definition) is 4. The highest BCUT2D eigenvalue weighted by Crippen LogP contribution is 2.07. The first-order valence-corrected chi connectivity index (χ1v) is 6.95. The third kappa shape index (κ3) is 4.29. The molecular weight excluding hydrogens is 240 g/mol. The number of nitrogens with one attached hydrogen (secondary N) is 1. The lowest BCUT2D eigenvalue weighted by atomic mass is 10.2. The Labute approximate surface area is 114 Å². The third-order valence-electron chi connectivity index (χ3n) is 3.42. The highest BCUT2D eigenvalue weighted by atomic mass is 16.1. The molecule has 0 bridgehead atoms. The van der Waals surface area contributed by atoms with E-state index >= 15 is 0 Å². The van der Waals surface area contributed by atoms with Crippen molar-refractivity contribution in [2.45, 2.75) is 25.8 Å². The summed E-state index contributed by atoms with van der Waals surface area (Å²) in [4.78, 5) is 18.4. The van der Waals surface area contributed by atoms with Crippen LogP contribution in [-0.2, 0) is 6.54 Å². The van der Waals surface area contributed by atoms with E-state index in [4.69, 9.17) is 5.73 Å².